The standard InChI is InChI=1S/C8H17NO3S/c1-7(6-8-2-3-8)9-13(11,12)5-4-10/h7-10H,2-6H2,1H3. The van der Waals surface area contributed by atoms with Gasteiger partial charge in [-0.15, -0.1) is 0 Å². The fraction of sp³-hybridized carbons (Fsp3) is 1.00. The lowest BCUT2D eigenvalue weighted by Gasteiger charge is -2.12. The minimum Gasteiger partial charge on any atom is -0.395 e. The number of rotatable bonds is 6. The Kier molecular flexibility index (Phi) is 3.70. The zero-order chi connectivity index (χ0) is 9.90. The van der Waals surface area contributed by atoms with Gasteiger partial charge in [-0.05, 0) is 19.3 Å². The SMILES string of the molecule is CC(CC1CC1)NS(=O)(=O)CCO. The Hall–Kier alpha value is -0.130. The van der Waals surface area contributed by atoms with Crippen molar-refractivity contribution in [1.29, 1.82) is 0 Å². The van der Waals surface area contributed by atoms with Crippen LogP contribution in [0.5, 0.6) is 0 Å². The van der Waals surface area contributed by atoms with E-state index in [0.29, 0.717) is 5.92 Å². The molecular weight excluding hydrogens is 190 g/mol. The molecule has 1 fully saturated rings. The van der Waals surface area contributed by atoms with Crippen molar-refractivity contribution in [3.8, 4) is 0 Å². The zero-order valence-corrected chi connectivity index (χ0v) is 8.68. The van der Waals surface area contributed by atoms with Crippen LogP contribution in [0.1, 0.15) is 26.2 Å². The van der Waals surface area contributed by atoms with Crippen LogP contribution in [0.3, 0.4) is 0 Å². The molecular formula is C8H17NO3S. The summed E-state index contributed by atoms with van der Waals surface area (Å²) in [7, 11) is -3.25. The van der Waals surface area contributed by atoms with Crippen molar-refractivity contribution in [2.75, 3.05) is 12.4 Å². The second kappa shape index (κ2) is 4.39. The van der Waals surface area contributed by atoms with Crippen LogP contribution in [0.25, 0.3) is 0 Å². The summed E-state index contributed by atoms with van der Waals surface area (Å²) < 4.78 is 24.9. The molecule has 1 unspecified atom stereocenters. The zero-order valence-electron chi connectivity index (χ0n) is 7.86. The van der Waals surface area contributed by atoms with Gasteiger partial charge < -0.3 is 5.11 Å². The first kappa shape index (κ1) is 10.9. The van der Waals surface area contributed by atoms with Crippen LogP contribution >= 0.6 is 0 Å². The summed E-state index contributed by atoms with van der Waals surface area (Å²) in [5.41, 5.74) is 0. The smallest absolute Gasteiger partial charge is 0.214 e. The Morgan fingerprint density at radius 2 is 2.15 bits per heavy atom. The molecule has 0 spiro atoms. The minimum absolute atomic E-state index is 0.00375. The van der Waals surface area contributed by atoms with E-state index in [1.807, 2.05) is 6.92 Å². The van der Waals surface area contributed by atoms with Crippen molar-refractivity contribution in [2.45, 2.75) is 32.2 Å². The molecule has 78 valence electrons. The molecule has 0 bridgehead atoms. The fourth-order valence-electron chi connectivity index (χ4n) is 1.39. The van der Waals surface area contributed by atoms with E-state index >= 15 is 0 Å². The normalized spacial score (nSPS) is 20.2. The van der Waals surface area contributed by atoms with Crippen molar-refractivity contribution < 1.29 is 13.5 Å². The molecule has 0 aliphatic heterocycles. The average Bonchev–Trinajstić information content (AvgIpc) is 2.68. The summed E-state index contributed by atoms with van der Waals surface area (Å²) in [5.74, 6) is 0.522. The quantitative estimate of drug-likeness (QED) is 0.648. The maximum absolute atomic E-state index is 11.2. The molecule has 1 aliphatic rings. The molecule has 1 aliphatic carbocycles. The lowest BCUT2D eigenvalue weighted by Crippen LogP contribution is -2.35. The van der Waals surface area contributed by atoms with Gasteiger partial charge in [-0.25, -0.2) is 13.1 Å². The predicted molar refractivity (Wildman–Crippen MR) is 50.8 cm³/mol. The highest BCUT2D eigenvalue weighted by Crippen LogP contribution is 2.33. The van der Waals surface area contributed by atoms with Crippen LogP contribution in [0.15, 0.2) is 0 Å². The van der Waals surface area contributed by atoms with Gasteiger partial charge in [-0.3, -0.25) is 0 Å². The Morgan fingerprint density at radius 3 is 2.62 bits per heavy atom. The first-order valence-electron chi connectivity index (χ1n) is 4.64. The summed E-state index contributed by atoms with van der Waals surface area (Å²) in [4.78, 5) is 0. The number of sulfonamides is 1. The molecule has 0 amide bonds. The van der Waals surface area contributed by atoms with Gasteiger partial charge in [0.1, 0.15) is 0 Å². The third-order valence-corrected chi connectivity index (χ3v) is 3.61. The van der Waals surface area contributed by atoms with Crippen molar-refractivity contribution in [1.82, 2.24) is 4.72 Å². The van der Waals surface area contributed by atoms with E-state index in [2.05, 4.69) is 4.72 Å². The Labute approximate surface area is 79.4 Å². The van der Waals surface area contributed by atoms with E-state index < -0.39 is 10.0 Å². The van der Waals surface area contributed by atoms with Gasteiger partial charge in [0.15, 0.2) is 0 Å². The first-order valence-corrected chi connectivity index (χ1v) is 6.29. The molecule has 1 rings (SSSR count). The maximum atomic E-state index is 11.2. The summed E-state index contributed by atoms with van der Waals surface area (Å²) in [6.45, 7) is 1.55. The fourth-order valence-corrected chi connectivity index (χ4v) is 2.45. The topological polar surface area (TPSA) is 66.4 Å². The number of nitrogens with one attached hydrogen (secondary N) is 1. The summed E-state index contributed by atoms with van der Waals surface area (Å²) in [6, 6.07) is 0.00375. The van der Waals surface area contributed by atoms with Crippen LogP contribution in [0.2, 0.25) is 0 Å². The largest absolute Gasteiger partial charge is 0.395 e. The number of aliphatic hydroxyl groups excluding tert-OH is 1. The minimum atomic E-state index is -3.25. The summed E-state index contributed by atoms with van der Waals surface area (Å²) >= 11 is 0. The Bertz CT molecular complexity index is 246. The molecule has 2 N–H and O–H groups in total. The number of hydrogen-bond acceptors (Lipinski definition) is 3. The third kappa shape index (κ3) is 4.59. The van der Waals surface area contributed by atoms with E-state index in [1.165, 1.54) is 12.8 Å². The van der Waals surface area contributed by atoms with Gasteiger partial charge in [-0.1, -0.05) is 12.8 Å². The first-order chi connectivity index (χ1) is 6.03. The highest BCUT2D eigenvalue weighted by Gasteiger charge is 2.25. The molecule has 4 nitrogen and oxygen atoms in total. The predicted octanol–water partition coefficient (Wildman–Crippen LogP) is 0.0867. The molecule has 1 saturated carbocycles. The molecule has 5 heteroatoms. The van der Waals surface area contributed by atoms with Crippen molar-refractivity contribution in [2.24, 2.45) is 5.92 Å². The maximum Gasteiger partial charge on any atom is 0.214 e. The second-order valence-corrected chi connectivity index (χ2v) is 5.61. The van der Waals surface area contributed by atoms with Crippen LogP contribution < -0.4 is 4.72 Å². The van der Waals surface area contributed by atoms with E-state index in [-0.39, 0.29) is 18.4 Å². The number of aliphatic hydroxyl groups is 1. The molecule has 0 aromatic rings. The van der Waals surface area contributed by atoms with Gasteiger partial charge in [0.05, 0.1) is 12.4 Å². The van der Waals surface area contributed by atoms with Gasteiger partial charge >= 0.3 is 0 Å². The average molecular weight is 207 g/mol. The molecule has 0 saturated heterocycles. The van der Waals surface area contributed by atoms with E-state index in [4.69, 9.17) is 5.11 Å². The summed E-state index contributed by atoms with van der Waals surface area (Å²) in [5, 5.41) is 8.49. The van der Waals surface area contributed by atoms with Gasteiger partial charge in [0.25, 0.3) is 0 Å². The molecule has 0 radical (unpaired) electrons. The Balaban J connectivity index is 2.28. The highest BCUT2D eigenvalue weighted by atomic mass is 32.2. The monoisotopic (exact) mass is 207 g/mol. The lowest BCUT2D eigenvalue weighted by molar-refractivity contribution is 0.318. The molecule has 0 aromatic heterocycles. The van der Waals surface area contributed by atoms with Crippen LogP contribution in [0.4, 0.5) is 0 Å². The van der Waals surface area contributed by atoms with Gasteiger partial charge in [0, 0.05) is 6.04 Å². The van der Waals surface area contributed by atoms with E-state index in [1.54, 1.807) is 0 Å². The van der Waals surface area contributed by atoms with E-state index in [9.17, 15) is 8.42 Å². The third-order valence-electron chi connectivity index (χ3n) is 2.12. The van der Waals surface area contributed by atoms with Crippen LogP contribution in [0, 0.1) is 5.92 Å². The molecule has 1 atom stereocenters. The van der Waals surface area contributed by atoms with Gasteiger partial charge in [0.2, 0.25) is 10.0 Å². The van der Waals surface area contributed by atoms with Crippen molar-refractivity contribution in [3.63, 3.8) is 0 Å². The number of hydrogen-bond donors (Lipinski definition) is 2. The van der Waals surface area contributed by atoms with Crippen molar-refractivity contribution >= 4 is 10.0 Å². The summed E-state index contributed by atoms with van der Waals surface area (Å²) in [6.07, 6.45) is 3.38. The molecule has 0 heterocycles. The van der Waals surface area contributed by atoms with E-state index in [0.717, 1.165) is 6.42 Å². The van der Waals surface area contributed by atoms with Crippen LogP contribution in [-0.2, 0) is 10.0 Å². The highest BCUT2D eigenvalue weighted by molar-refractivity contribution is 7.89. The van der Waals surface area contributed by atoms with Crippen molar-refractivity contribution in [3.05, 3.63) is 0 Å². The van der Waals surface area contributed by atoms with Gasteiger partial charge in [-0.2, -0.15) is 0 Å². The molecule has 0 aromatic carbocycles. The lowest BCUT2D eigenvalue weighted by atomic mass is 10.2. The Morgan fingerprint density at radius 1 is 1.54 bits per heavy atom. The molecule has 13 heavy (non-hydrogen) atoms. The second-order valence-electron chi connectivity index (χ2n) is 3.74. The van der Waals surface area contributed by atoms with Crippen LogP contribution in [-0.4, -0.2) is 31.9 Å².